The predicted molar refractivity (Wildman–Crippen MR) is 82.7 cm³/mol. The van der Waals surface area contributed by atoms with Crippen LogP contribution in [0.15, 0.2) is 4.47 Å². The van der Waals surface area contributed by atoms with Crippen LogP contribution in [0.5, 0.6) is 0 Å². The van der Waals surface area contributed by atoms with Crippen LogP contribution in [0, 0.1) is 12.8 Å². The number of rotatable bonds is 4. The Morgan fingerprint density at radius 3 is 2.55 bits per heavy atom. The van der Waals surface area contributed by atoms with Crippen molar-refractivity contribution in [3.05, 3.63) is 15.9 Å². The molecule has 0 amide bonds. The Morgan fingerprint density at radius 2 is 2.10 bits per heavy atom. The number of halogens is 1. The second-order valence-corrected chi connectivity index (χ2v) is 6.93. The first-order valence-corrected chi connectivity index (χ1v) is 8.10. The molecular formula is C15H25BrN2O2. The molecule has 0 spiro atoms. The fourth-order valence-electron chi connectivity index (χ4n) is 3.20. The van der Waals surface area contributed by atoms with E-state index in [4.69, 9.17) is 4.74 Å². The van der Waals surface area contributed by atoms with Gasteiger partial charge in [0.25, 0.3) is 0 Å². The molecule has 1 saturated carbocycles. The molecule has 0 aromatic carbocycles. The highest BCUT2D eigenvalue weighted by Gasteiger charge is 2.41. The molecule has 1 heterocycles. The average Bonchev–Trinajstić information content (AvgIpc) is 2.66. The summed E-state index contributed by atoms with van der Waals surface area (Å²) in [7, 11) is 3.64. The van der Waals surface area contributed by atoms with Crippen LogP contribution in [0.4, 0.5) is 0 Å². The first kappa shape index (κ1) is 16.0. The summed E-state index contributed by atoms with van der Waals surface area (Å²) in [5.74, 6) is 0.733. The Labute approximate surface area is 129 Å². The summed E-state index contributed by atoms with van der Waals surface area (Å²) in [5.41, 5.74) is 1.59. The molecule has 1 aromatic heterocycles. The average molecular weight is 345 g/mol. The van der Waals surface area contributed by atoms with Gasteiger partial charge < -0.3 is 9.84 Å². The number of methoxy groups -OCH3 is 1. The van der Waals surface area contributed by atoms with Gasteiger partial charge in [0.15, 0.2) is 0 Å². The van der Waals surface area contributed by atoms with E-state index in [1.54, 1.807) is 7.11 Å². The van der Waals surface area contributed by atoms with Gasteiger partial charge in [-0.1, -0.05) is 6.92 Å². The fourth-order valence-corrected chi connectivity index (χ4v) is 3.69. The molecule has 1 aromatic rings. The lowest BCUT2D eigenvalue weighted by Gasteiger charge is -2.41. The van der Waals surface area contributed by atoms with Crippen LogP contribution in [0.2, 0.25) is 0 Å². The van der Waals surface area contributed by atoms with E-state index in [2.05, 4.69) is 28.0 Å². The van der Waals surface area contributed by atoms with Gasteiger partial charge >= 0.3 is 0 Å². The van der Waals surface area contributed by atoms with Crippen molar-refractivity contribution in [2.24, 2.45) is 13.0 Å². The molecule has 1 aliphatic rings. The van der Waals surface area contributed by atoms with Crippen LogP contribution in [-0.2, 0) is 18.2 Å². The third kappa shape index (κ3) is 2.95. The second kappa shape index (κ2) is 6.16. The molecule has 114 valence electrons. The minimum absolute atomic E-state index is 0.399. The number of aliphatic hydroxyl groups is 1. The molecule has 1 unspecified atom stereocenters. The number of hydrogen-bond donors (Lipinski definition) is 1. The lowest BCUT2D eigenvalue weighted by atomic mass is 9.75. The van der Waals surface area contributed by atoms with Crippen molar-refractivity contribution in [1.82, 2.24) is 9.78 Å². The van der Waals surface area contributed by atoms with E-state index < -0.39 is 11.7 Å². The topological polar surface area (TPSA) is 47.3 Å². The maximum Gasteiger partial charge on any atom is 0.0940 e. The Hall–Kier alpha value is -0.390. The van der Waals surface area contributed by atoms with Crippen molar-refractivity contribution in [1.29, 1.82) is 0 Å². The van der Waals surface area contributed by atoms with Gasteiger partial charge in [-0.05, 0) is 54.5 Å². The molecule has 1 N–H and O–H groups in total. The minimum Gasteiger partial charge on any atom is -0.390 e. The Kier molecular flexibility index (Phi) is 4.92. The third-order valence-corrected chi connectivity index (χ3v) is 5.81. The SMILES string of the molecule is COC1(C(O)Cc2c(Br)c(C)nn2C)CCC(C)CC1. The van der Waals surface area contributed by atoms with Crippen molar-refractivity contribution in [2.75, 3.05) is 7.11 Å². The van der Waals surface area contributed by atoms with Gasteiger partial charge in [-0.25, -0.2) is 0 Å². The number of aryl methyl sites for hydroxylation is 2. The van der Waals surface area contributed by atoms with Crippen LogP contribution < -0.4 is 0 Å². The number of aliphatic hydroxyl groups excluding tert-OH is 1. The van der Waals surface area contributed by atoms with Crippen LogP contribution in [-0.4, -0.2) is 33.7 Å². The largest absolute Gasteiger partial charge is 0.390 e. The predicted octanol–water partition coefficient (Wildman–Crippen LogP) is 2.99. The van der Waals surface area contributed by atoms with Crippen LogP contribution in [0.1, 0.15) is 44.0 Å². The summed E-state index contributed by atoms with van der Waals surface area (Å²) in [4.78, 5) is 0. The number of aromatic nitrogens is 2. The van der Waals surface area contributed by atoms with E-state index in [1.807, 2.05) is 18.7 Å². The van der Waals surface area contributed by atoms with Crippen LogP contribution in [0.25, 0.3) is 0 Å². The van der Waals surface area contributed by atoms with Crippen molar-refractivity contribution < 1.29 is 9.84 Å². The molecule has 20 heavy (non-hydrogen) atoms. The summed E-state index contributed by atoms with van der Waals surface area (Å²) in [6.45, 7) is 4.24. The lowest BCUT2D eigenvalue weighted by Crippen LogP contribution is -2.48. The quantitative estimate of drug-likeness (QED) is 0.913. The van der Waals surface area contributed by atoms with Crippen molar-refractivity contribution in [3.8, 4) is 0 Å². The summed E-state index contributed by atoms with van der Waals surface area (Å²) in [5, 5.41) is 15.1. The smallest absolute Gasteiger partial charge is 0.0940 e. The van der Waals surface area contributed by atoms with E-state index in [1.165, 1.54) is 0 Å². The first-order valence-electron chi connectivity index (χ1n) is 7.31. The van der Waals surface area contributed by atoms with Gasteiger partial charge in [-0.2, -0.15) is 5.10 Å². The summed E-state index contributed by atoms with van der Waals surface area (Å²) >= 11 is 3.57. The van der Waals surface area contributed by atoms with E-state index in [0.29, 0.717) is 6.42 Å². The maximum atomic E-state index is 10.7. The van der Waals surface area contributed by atoms with E-state index >= 15 is 0 Å². The van der Waals surface area contributed by atoms with Crippen molar-refractivity contribution >= 4 is 15.9 Å². The van der Waals surface area contributed by atoms with E-state index in [0.717, 1.165) is 47.5 Å². The third-order valence-electron chi connectivity index (χ3n) is 4.78. The highest BCUT2D eigenvalue weighted by atomic mass is 79.9. The van der Waals surface area contributed by atoms with Crippen molar-refractivity contribution in [3.63, 3.8) is 0 Å². The minimum atomic E-state index is -0.494. The molecule has 1 atom stereocenters. The zero-order valence-electron chi connectivity index (χ0n) is 12.8. The molecule has 0 saturated heterocycles. The van der Waals surface area contributed by atoms with Gasteiger partial charge in [0.2, 0.25) is 0 Å². The zero-order chi connectivity index (χ0) is 14.9. The maximum absolute atomic E-state index is 10.7. The number of ether oxygens (including phenoxy) is 1. The van der Waals surface area contributed by atoms with Gasteiger partial charge in [-0.3, -0.25) is 4.68 Å². The Morgan fingerprint density at radius 1 is 1.50 bits per heavy atom. The molecule has 0 aliphatic heterocycles. The number of hydrogen-bond acceptors (Lipinski definition) is 3. The second-order valence-electron chi connectivity index (χ2n) is 6.14. The molecule has 1 aliphatic carbocycles. The molecular weight excluding hydrogens is 320 g/mol. The molecule has 5 heteroatoms. The standard InChI is InChI=1S/C15H25BrN2O2/c1-10-5-7-15(20-4,8-6-10)13(19)9-12-14(16)11(2)17-18(12)3/h10,13,19H,5-9H2,1-4H3. The lowest BCUT2D eigenvalue weighted by molar-refractivity contribution is -0.127. The molecule has 0 bridgehead atoms. The molecule has 1 fully saturated rings. The molecule has 2 rings (SSSR count). The van der Waals surface area contributed by atoms with Gasteiger partial charge in [0.05, 0.1) is 27.6 Å². The molecule has 0 radical (unpaired) electrons. The highest BCUT2D eigenvalue weighted by Crippen LogP contribution is 2.38. The summed E-state index contributed by atoms with van der Waals surface area (Å²) in [6.07, 6.45) is 4.18. The first-order chi connectivity index (χ1) is 9.39. The summed E-state index contributed by atoms with van der Waals surface area (Å²) in [6, 6.07) is 0. The van der Waals surface area contributed by atoms with E-state index in [-0.39, 0.29) is 0 Å². The Balaban J connectivity index is 2.15. The van der Waals surface area contributed by atoms with Crippen LogP contribution in [0.3, 0.4) is 0 Å². The van der Waals surface area contributed by atoms with Gasteiger partial charge in [0.1, 0.15) is 0 Å². The molecule has 4 nitrogen and oxygen atoms in total. The summed E-state index contributed by atoms with van der Waals surface area (Å²) < 4.78 is 8.59. The Bertz CT molecular complexity index is 465. The van der Waals surface area contributed by atoms with Crippen molar-refractivity contribution in [2.45, 2.75) is 57.7 Å². The zero-order valence-corrected chi connectivity index (χ0v) is 14.4. The fraction of sp³-hybridized carbons (Fsp3) is 0.800. The monoisotopic (exact) mass is 344 g/mol. The van der Waals surface area contributed by atoms with Crippen LogP contribution >= 0.6 is 15.9 Å². The number of nitrogens with zero attached hydrogens (tertiary/aromatic N) is 2. The van der Waals surface area contributed by atoms with Gasteiger partial charge in [0, 0.05) is 20.6 Å². The van der Waals surface area contributed by atoms with Gasteiger partial charge in [-0.15, -0.1) is 0 Å². The van der Waals surface area contributed by atoms with E-state index in [9.17, 15) is 5.11 Å². The highest BCUT2D eigenvalue weighted by molar-refractivity contribution is 9.10. The normalized spacial score (nSPS) is 28.6.